The van der Waals surface area contributed by atoms with Gasteiger partial charge >= 0.3 is 0 Å². The minimum atomic E-state index is 0.750. The van der Waals surface area contributed by atoms with E-state index in [1.807, 2.05) is 20.8 Å². The smallest absolute Gasteiger partial charge is 0.0106 e. The van der Waals surface area contributed by atoms with Crippen LogP contribution in [0.5, 0.6) is 0 Å². The number of hydrogen-bond donors (Lipinski definition) is 1. The van der Waals surface area contributed by atoms with Crippen LogP contribution in [0.4, 0.5) is 0 Å². The van der Waals surface area contributed by atoms with Gasteiger partial charge in [0.25, 0.3) is 0 Å². The summed E-state index contributed by atoms with van der Waals surface area (Å²) in [7, 11) is 0. The Balaban J connectivity index is 0.000000641. The van der Waals surface area contributed by atoms with Crippen molar-refractivity contribution in [3.05, 3.63) is 34.9 Å². The van der Waals surface area contributed by atoms with Crippen molar-refractivity contribution in [2.24, 2.45) is 11.7 Å². The number of benzene rings is 1. The molecule has 2 N–H and O–H groups in total. The average molecular weight is 277 g/mol. The van der Waals surface area contributed by atoms with Crippen LogP contribution in [0.15, 0.2) is 18.2 Å². The van der Waals surface area contributed by atoms with Crippen LogP contribution in [0.1, 0.15) is 76.5 Å². The average Bonchev–Trinajstić information content (AvgIpc) is 3.24. The summed E-state index contributed by atoms with van der Waals surface area (Å²) < 4.78 is 0. The molecule has 0 aromatic heterocycles. The predicted molar refractivity (Wildman–Crippen MR) is 92.4 cm³/mol. The Kier molecular flexibility index (Phi) is 10.5. The van der Waals surface area contributed by atoms with E-state index in [2.05, 4.69) is 39.0 Å². The topological polar surface area (TPSA) is 26.0 Å². The van der Waals surface area contributed by atoms with Gasteiger partial charge in [-0.1, -0.05) is 58.4 Å². The van der Waals surface area contributed by atoms with Gasteiger partial charge in [0.15, 0.2) is 0 Å². The van der Waals surface area contributed by atoms with E-state index in [4.69, 9.17) is 5.73 Å². The summed E-state index contributed by atoms with van der Waals surface area (Å²) >= 11 is 0. The fourth-order valence-electron chi connectivity index (χ4n) is 2.16. The molecule has 0 atom stereocenters. The molecular weight excluding hydrogens is 242 g/mol. The zero-order chi connectivity index (χ0) is 15.5. The molecule has 0 radical (unpaired) electrons. The molecule has 0 aliphatic heterocycles. The Labute approximate surface area is 127 Å². The molecule has 0 unspecified atom stereocenters. The van der Waals surface area contributed by atoms with Gasteiger partial charge in [0, 0.05) is 0 Å². The van der Waals surface area contributed by atoms with Crippen molar-refractivity contribution in [3.8, 4) is 0 Å². The maximum atomic E-state index is 4.85. The summed E-state index contributed by atoms with van der Waals surface area (Å²) in [6.45, 7) is 13.5. The normalized spacial score (nSPS) is 13.2. The molecular formula is C19H35N. The number of hydrogen-bond acceptors (Lipinski definition) is 1. The molecule has 0 spiro atoms. The molecule has 1 heteroatoms. The fraction of sp³-hybridized carbons (Fsp3) is 0.684. The number of rotatable bonds is 4. The van der Waals surface area contributed by atoms with Crippen LogP contribution < -0.4 is 5.73 Å². The second-order valence-corrected chi connectivity index (χ2v) is 5.82. The molecule has 1 saturated carbocycles. The van der Waals surface area contributed by atoms with E-state index in [-0.39, 0.29) is 0 Å². The standard InChI is InChI=1S/C15H22.C2H7N.C2H6/c1-11(2)4-6-13-7-5-12(3)10-15(13)14-8-9-14;1-2-3;1-2/h5,7,10-11,14H,4,6,8-9H2,1-3H3;2-3H2,1H3;1-2H3. The minimum Gasteiger partial charge on any atom is -0.331 e. The zero-order valence-corrected chi connectivity index (χ0v) is 14.5. The Morgan fingerprint density at radius 3 is 2.20 bits per heavy atom. The molecule has 0 amide bonds. The van der Waals surface area contributed by atoms with Gasteiger partial charge in [0.1, 0.15) is 0 Å². The molecule has 1 aromatic carbocycles. The van der Waals surface area contributed by atoms with Gasteiger partial charge in [-0.05, 0) is 62.1 Å². The van der Waals surface area contributed by atoms with Crippen molar-refractivity contribution in [1.82, 2.24) is 0 Å². The highest BCUT2D eigenvalue weighted by Gasteiger charge is 2.25. The molecule has 20 heavy (non-hydrogen) atoms. The van der Waals surface area contributed by atoms with E-state index >= 15 is 0 Å². The van der Waals surface area contributed by atoms with E-state index in [9.17, 15) is 0 Å². The van der Waals surface area contributed by atoms with Crippen LogP contribution >= 0.6 is 0 Å². The summed E-state index contributed by atoms with van der Waals surface area (Å²) in [6, 6.07) is 7.03. The van der Waals surface area contributed by atoms with E-state index in [0.717, 1.165) is 18.4 Å². The molecule has 0 bridgehead atoms. The Morgan fingerprint density at radius 2 is 1.75 bits per heavy atom. The van der Waals surface area contributed by atoms with Crippen molar-refractivity contribution >= 4 is 0 Å². The molecule has 1 fully saturated rings. The van der Waals surface area contributed by atoms with Crippen molar-refractivity contribution in [2.75, 3.05) is 6.54 Å². The third-order valence-electron chi connectivity index (χ3n) is 3.31. The van der Waals surface area contributed by atoms with Crippen molar-refractivity contribution < 1.29 is 0 Å². The predicted octanol–water partition coefficient (Wildman–Crippen LogP) is 5.45. The summed E-state index contributed by atoms with van der Waals surface area (Å²) in [5, 5.41) is 0. The van der Waals surface area contributed by atoms with Crippen molar-refractivity contribution in [1.29, 1.82) is 0 Å². The second-order valence-electron chi connectivity index (χ2n) is 5.82. The second kappa shape index (κ2) is 10.9. The first-order valence-electron chi connectivity index (χ1n) is 8.38. The monoisotopic (exact) mass is 277 g/mol. The first-order valence-corrected chi connectivity index (χ1v) is 8.38. The molecule has 1 aromatic rings. The molecule has 1 aliphatic rings. The molecule has 0 saturated heterocycles. The van der Waals surface area contributed by atoms with Gasteiger partial charge in [-0.15, -0.1) is 0 Å². The molecule has 116 valence electrons. The van der Waals surface area contributed by atoms with Gasteiger partial charge in [0.2, 0.25) is 0 Å². The summed E-state index contributed by atoms with van der Waals surface area (Å²) in [4.78, 5) is 0. The molecule has 0 heterocycles. The largest absolute Gasteiger partial charge is 0.331 e. The number of aryl methyl sites for hydroxylation is 2. The van der Waals surface area contributed by atoms with Crippen LogP contribution in [0.2, 0.25) is 0 Å². The van der Waals surface area contributed by atoms with Crippen LogP contribution in [0.3, 0.4) is 0 Å². The van der Waals surface area contributed by atoms with E-state index in [1.54, 1.807) is 11.1 Å². The first-order chi connectivity index (χ1) is 9.58. The summed E-state index contributed by atoms with van der Waals surface area (Å²) in [5.41, 5.74) is 9.53. The molecule has 1 nitrogen and oxygen atoms in total. The number of nitrogens with two attached hydrogens (primary N) is 1. The third-order valence-corrected chi connectivity index (χ3v) is 3.31. The molecule has 1 aliphatic carbocycles. The SMILES string of the molecule is CC.CCN.Cc1ccc(CCC(C)C)c(C2CC2)c1. The highest BCUT2D eigenvalue weighted by molar-refractivity contribution is 5.36. The lowest BCUT2D eigenvalue weighted by Crippen LogP contribution is -1.97. The zero-order valence-electron chi connectivity index (χ0n) is 14.5. The molecule has 2 rings (SSSR count). The van der Waals surface area contributed by atoms with Gasteiger partial charge in [-0.25, -0.2) is 0 Å². The van der Waals surface area contributed by atoms with E-state index < -0.39 is 0 Å². The maximum Gasteiger partial charge on any atom is -0.0106 e. The van der Waals surface area contributed by atoms with Crippen LogP contribution in [-0.2, 0) is 6.42 Å². The Morgan fingerprint density at radius 1 is 1.20 bits per heavy atom. The van der Waals surface area contributed by atoms with Crippen LogP contribution in [0, 0.1) is 12.8 Å². The quantitative estimate of drug-likeness (QED) is 0.778. The highest BCUT2D eigenvalue weighted by Crippen LogP contribution is 2.42. The van der Waals surface area contributed by atoms with Crippen LogP contribution in [0.25, 0.3) is 0 Å². The highest BCUT2D eigenvalue weighted by atomic mass is 14.5. The van der Waals surface area contributed by atoms with Gasteiger partial charge in [-0.2, -0.15) is 0 Å². The summed E-state index contributed by atoms with van der Waals surface area (Å²) in [6.07, 6.45) is 5.42. The summed E-state index contributed by atoms with van der Waals surface area (Å²) in [5.74, 6) is 1.71. The Bertz CT molecular complexity index is 351. The fourth-order valence-corrected chi connectivity index (χ4v) is 2.16. The van der Waals surface area contributed by atoms with Crippen LogP contribution in [-0.4, -0.2) is 6.54 Å². The minimum absolute atomic E-state index is 0.750. The third kappa shape index (κ3) is 7.69. The van der Waals surface area contributed by atoms with Crippen molar-refractivity contribution in [2.45, 2.75) is 73.1 Å². The lowest BCUT2D eigenvalue weighted by Gasteiger charge is -2.11. The van der Waals surface area contributed by atoms with E-state index in [0.29, 0.717) is 0 Å². The lowest BCUT2D eigenvalue weighted by molar-refractivity contribution is 0.585. The Hall–Kier alpha value is -0.820. The van der Waals surface area contributed by atoms with Gasteiger partial charge < -0.3 is 5.73 Å². The van der Waals surface area contributed by atoms with E-state index in [1.165, 1.54) is 31.2 Å². The first kappa shape index (κ1) is 19.2. The lowest BCUT2D eigenvalue weighted by atomic mass is 9.95. The van der Waals surface area contributed by atoms with Gasteiger partial charge in [-0.3, -0.25) is 0 Å². The maximum absolute atomic E-state index is 4.85. The van der Waals surface area contributed by atoms with Crippen molar-refractivity contribution in [3.63, 3.8) is 0 Å². The van der Waals surface area contributed by atoms with Gasteiger partial charge in [0.05, 0.1) is 0 Å².